The fraction of sp³-hybridized carbons (Fsp3) is 0.222. The minimum Gasteiger partial charge on any atom is -0.491 e. The van der Waals surface area contributed by atoms with Crippen molar-refractivity contribution in [3.8, 4) is 5.75 Å². The second-order valence-corrected chi connectivity index (χ2v) is 10.1. The minimum absolute atomic E-state index is 0.0382. The van der Waals surface area contributed by atoms with Crippen molar-refractivity contribution >= 4 is 64.1 Å². The number of carboxylic acid groups (broad SMARTS) is 1. The van der Waals surface area contributed by atoms with Crippen LogP contribution < -0.4 is 15.4 Å². The predicted octanol–water partition coefficient (Wildman–Crippen LogP) is 6.55. The first-order chi connectivity index (χ1) is 18.6. The van der Waals surface area contributed by atoms with Gasteiger partial charge in [-0.05, 0) is 54.1 Å². The zero-order valence-corrected chi connectivity index (χ0v) is 22.6. The number of rotatable bonds is 8. The molecule has 0 bridgehead atoms. The average molecular weight is 595 g/mol. The number of ether oxygens (including phenoxy) is 1. The van der Waals surface area contributed by atoms with Gasteiger partial charge in [0.05, 0.1) is 46.0 Å². The van der Waals surface area contributed by atoms with Crippen molar-refractivity contribution in [2.75, 3.05) is 23.8 Å². The van der Waals surface area contributed by atoms with E-state index < -0.39 is 24.2 Å². The summed E-state index contributed by atoms with van der Waals surface area (Å²) in [6, 6.07) is 14.3. The van der Waals surface area contributed by atoms with E-state index in [9.17, 15) is 18.8 Å². The van der Waals surface area contributed by atoms with Crippen LogP contribution in [0.4, 0.5) is 20.6 Å². The van der Waals surface area contributed by atoms with Crippen molar-refractivity contribution < 1.29 is 28.6 Å². The van der Waals surface area contributed by atoms with Crippen LogP contribution in [0.15, 0.2) is 60.7 Å². The number of carbonyl (C=O) groups is 3. The van der Waals surface area contributed by atoms with Crippen LogP contribution in [0.3, 0.4) is 0 Å². The van der Waals surface area contributed by atoms with E-state index in [4.69, 9.17) is 44.6 Å². The third-order valence-electron chi connectivity index (χ3n) is 6.08. The standard InChI is InChI=1S/C27H23Cl3FN3O5/c28-20-3-1-2-4-23(20)32-27(38)33-24-12-21(29)16(9-22(24)30)10-25(35)34-13-17(31)11-18(34)14-39-19-7-5-15(6-8-19)26(36)37/h1-9,12,17-18H,10-11,13-14H2,(H,36,37)(H2,32,33,38)/t17-,18-/m0/s1. The Kier molecular flexibility index (Phi) is 9.16. The van der Waals surface area contributed by atoms with E-state index in [1.165, 1.54) is 41.3 Å². The number of anilines is 2. The third kappa shape index (κ3) is 7.32. The number of aromatic carboxylic acids is 1. The van der Waals surface area contributed by atoms with Crippen molar-refractivity contribution in [3.63, 3.8) is 0 Å². The lowest BCUT2D eigenvalue weighted by molar-refractivity contribution is -0.132. The van der Waals surface area contributed by atoms with Gasteiger partial charge in [0.25, 0.3) is 0 Å². The molecule has 39 heavy (non-hydrogen) atoms. The van der Waals surface area contributed by atoms with Gasteiger partial charge in [-0.15, -0.1) is 0 Å². The maximum atomic E-state index is 14.3. The largest absolute Gasteiger partial charge is 0.491 e. The molecule has 0 aliphatic carbocycles. The van der Waals surface area contributed by atoms with Crippen LogP contribution >= 0.6 is 34.8 Å². The molecule has 204 valence electrons. The summed E-state index contributed by atoms with van der Waals surface area (Å²) in [4.78, 5) is 37.9. The highest BCUT2D eigenvalue weighted by Crippen LogP contribution is 2.31. The van der Waals surface area contributed by atoms with Crippen LogP contribution in [0, 0.1) is 0 Å². The van der Waals surface area contributed by atoms with Crippen LogP contribution in [0.2, 0.25) is 15.1 Å². The molecular weight excluding hydrogens is 572 g/mol. The van der Waals surface area contributed by atoms with Gasteiger partial charge < -0.3 is 25.4 Å². The van der Waals surface area contributed by atoms with Gasteiger partial charge in [0.1, 0.15) is 18.5 Å². The van der Waals surface area contributed by atoms with Crippen LogP contribution in [-0.4, -0.2) is 53.3 Å². The number of alkyl halides is 1. The van der Waals surface area contributed by atoms with Gasteiger partial charge in [0.2, 0.25) is 5.91 Å². The number of benzene rings is 3. The Morgan fingerprint density at radius 2 is 1.64 bits per heavy atom. The van der Waals surface area contributed by atoms with E-state index in [1.807, 2.05) is 0 Å². The lowest BCUT2D eigenvalue weighted by atomic mass is 10.1. The molecule has 1 aliphatic heterocycles. The summed E-state index contributed by atoms with van der Waals surface area (Å²) in [6.45, 7) is -0.0471. The second kappa shape index (κ2) is 12.5. The van der Waals surface area contributed by atoms with Gasteiger partial charge >= 0.3 is 12.0 Å². The molecule has 0 unspecified atom stereocenters. The van der Waals surface area contributed by atoms with Gasteiger partial charge in [0, 0.05) is 11.4 Å². The summed E-state index contributed by atoms with van der Waals surface area (Å²) in [5, 5.41) is 14.9. The van der Waals surface area contributed by atoms with Crippen molar-refractivity contribution in [2.24, 2.45) is 0 Å². The van der Waals surface area contributed by atoms with Crippen LogP contribution in [0.5, 0.6) is 5.75 Å². The first kappa shape index (κ1) is 28.5. The van der Waals surface area contributed by atoms with Gasteiger partial charge in [-0.1, -0.05) is 46.9 Å². The number of likely N-dealkylation sites (tertiary alicyclic amines) is 1. The fourth-order valence-corrected chi connectivity index (χ4v) is 4.78. The van der Waals surface area contributed by atoms with E-state index >= 15 is 0 Å². The lowest BCUT2D eigenvalue weighted by Gasteiger charge is -2.25. The quantitative estimate of drug-likeness (QED) is 0.274. The van der Waals surface area contributed by atoms with Crippen molar-refractivity contribution in [3.05, 3.63) is 86.9 Å². The van der Waals surface area contributed by atoms with Gasteiger partial charge in [-0.3, -0.25) is 4.79 Å². The van der Waals surface area contributed by atoms with E-state index in [0.29, 0.717) is 22.0 Å². The zero-order chi connectivity index (χ0) is 28.1. The maximum Gasteiger partial charge on any atom is 0.335 e. The van der Waals surface area contributed by atoms with E-state index in [2.05, 4.69) is 10.6 Å². The summed E-state index contributed by atoms with van der Waals surface area (Å²) >= 11 is 18.8. The molecule has 3 N–H and O–H groups in total. The topological polar surface area (TPSA) is 108 Å². The first-order valence-corrected chi connectivity index (χ1v) is 12.9. The van der Waals surface area contributed by atoms with E-state index in [0.717, 1.165) is 0 Å². The highest BCUT2D eigenvalue weighted by atomic mass is 35.5. The number of nitrogens with zero attached hydrogens (tertiary/aromatic N) is 1. The number of hydrogen-bond acceptors (Lipinski definition) is 4. The zero-order valence-electron chi connectivity index (χ0n) is 20.3. The number of urea groups is 1. The molecule has 1 aliphatic rings. The smallest absolute Gasteiger partial charge is 0.335 e. The molecule has 3 aromatic rings. The number of para-hydroxylation sites is 1. The monoisotopic (exact) mass is 593 g/mol. The molecule has 3 amide bonds. The van der Waals surface area contributed by atoms with E-state index in [1.54, 1.807) is 24.3 Å². The summed E-state index contributed by atoms with van der Waals surface area (Å²) in [7, 11) is 0. The number of hydrogen-bond donors (Lipinski definition) is 3. The number of amides is 3. The molecule has 12 heteroatoms. The lowest BCUT2D eigenvalue weighted by Crippen LogP contribution is -2.40. The summed E-state index contributed by atoms with van der Waals surface area (Å²) in [5.41, 5.74) is 1.16. The van der Waals surface area contributed by atoms with Crippen LogP contribution in [0.25, 0.3) is 0 Å². The van der Waals surface area contributed by atoms with Gasteiger partial charge in [-0.2, -0.15) is 0 Å². The highest BCUT2D eigenvalue weighted by molar-refractivity contribution is 6.36. The van der Waals surface area contributed by atoms with Crippen LogP contribution in [-0.2, 0) is 11.2 Å². The van der Waals surface area contributed by atoms with Crippen molar-refractivity contribution in [2.45, 2.75) is 25.1 Å². The summed E-state index contributed by atoms with van der Waals surface area (Å²) in [5.74, 6) is -1.01. The maximum absolute atomic E-state index is 14.3. The average Bonchev–Trinajstić information content (AvgIpc) is 3.28. The Morgan fingerprint density at radius 1 is 0.949 bits per heavy atom. The Balaban J connectivity index is 1.38. The molecule has 0 spiro atoms. The molecule has 4 rings (SSSR count). The SMILES string of the molecule is O=C(Nc1ccccc1Cl)Nc1cc(Cl)c(CC(=O)N2C[C@@H](F)C[C@H]2COc2ccc(C(=O)O)cc2)cc1Cl. The molecule has 8 nitrogen and oxygen atoms in total. The summed E-state index contributed by atoms with van der Waals surface area (Å²) in [6.07, 6.45) is -1.24. The minimum atomic E-state index is -1.21. The highest BCUT2D eigenvalue weighted by Gasteiger charge is 2.36. The molecule has 0 saturated carbocycles. The molecule has 0 aromatic heterocycles. The third-order valence-corrected chi connectivity index (χ3v) is 7.07. The van der Waals surface area contributed by atoms with Crippen molar-refractivity contribution in [1.29, 1.82) is 0 Å². The number of nitrogens with one attached hydrogen (secondary N) is 2. The fourth-order valence-electron chi connectivity index (χ4n) is 4.13. The molecular formula is C27H23Cl3FN3O5. The predicted molar refractivity (Wildman–Crippen MR) is 148 cm³/mol. The number of carboxylic acids is 1. The Labute approximate surface area is 238 Å². The molecule has 1 fully saturated rings. The Hall–Kier alpha value is -3.53. The molecule has 3 aromatic carbocycles. The normalized spacial score (nSPS) is 16.6. The Morgan fingerprint density at radius 3 is 2.33 bits per heavy atom. The van der Waals surface area contributed by atoms with E-state index in [-0.39, 0.29) is 53.2 Å². The first-order valence-electron chi connectivity index (χ1n) is 11.8. The van der Waals surface area contributed by atoms with Crippen LogP contribution in [0.1, 0.15) is 22.3 Å². The molecule has 1 saturated heterocycles. The molecule has 2 atom stereocenters. The summed E-state index contributed by atoms with van der Waals surface area (Å²) < 4.78 is 20.0. The second-order valence-electron chi connectivity index (χ2n) is 8.83. The molecule has 0 radical (unpaired) electrons. The molecule has 1 heterocycles. The Bertz CT molecular complexity index is 1390. The van der Waals surface area contributed by atoms with Gasteiger partial charge in [0.15, 0.2) is 0 Å². The van der Waals surface area contributed by atoms with Crippen molar-refractivity contribution in [1.82, 2.24) is 4.90 Å². The number of carbonyl (C=O) groups excluding carboxylic acids is 2. The number of halogens is 4. The van der Waals surface area contributed by atoms with Gasteiger partial charge in [-0.25, -0.2) is 14.0 Å².